The van der Waals surface area contributed by atoms with E-state index < -0.39 is 15.9 Å². The van der Waals surface area contributed by atoms with Crippen molar-refractivity contribution >= 4 is 15.9 Å². The van der Waals surface area contributed by atoms with Crippen LogP contribution in [-0.2, 0) is 16.4 Å². The summed E-state index contributed by atoms with van der Waals surface area (Å²) >= 11 is 0. The molecular formula is C25H37N5O5S. The molecule has 0 atom stereocenters. The summed E-state index contributed by atoms with van der Waals surface area (Å²) in [5.74, 6) is 0.0750. The zero-order chi connectivity index (χ0) is 26.5. The number of allylic oxidation sites excluding steroid dienone is 1. The minimum atomic E-state index is -3.61. The van der Waals surface area contributed by atoms with Crippen molar-refractivity contribution < 1.29 is 23.4 Å². The average Bonchev–Trinajstić information content (AvgIpc) is 3.26. The van der Waals surface area contributed by atoms with Gasteiger partial charge in [0.1, 0.15) is 11.6 Å². The molecule has 10 nitrogen and oxygen atoms in total. The summed E-state index contributed by atoms with van der Waals surface area (Å²) < 4.78 is 29.1. The molecule has 1 aliphatic heterocycles. The number of amides is 1. The first-order valence-electron chi connectivity index (χ1n) is 12.4. The Balaban J connectivity index is 2.01. The lowest BCUT2D eigenvalue weighted by atomic mass is 10.0. The Hall–Kier alpha value is -2.76. The number of carbonyl (C=O) groups excluding carboxylic acids is 1. The Morgan fingerprint density at radius 3 is 2.25 bits per heavy atom. The van der Waals surface area contributed by atoms with Crippen molar-refractivity contribution in [1.29, 1.82) is 0 Å². The zero-order valence-corrected chi connectivity index (χ0v) is 22.3. The predicted molar refractivity (Wildman–Crippen MR) is 136 cm³/mol. The zero-order valence-electron chi connectivity index (χ0n) is 21.4. The van der Waals surface area contributed by atoms with Crippen LogP contribution in [-0.4, -0.2) is 69.3 Å². The molecule has 3 rings (SSSR count). The van der Waals surface area contributed by atoms with Gasteiger partial charge in [-0.25, -0.2) is 8.42 Å². The van der Waals surface area contributed by atoms with E-state index in [1.54, 1.807) is 12.1 Å². The van der Waals surface area contributed by atoms with E-state index >= 15 is 0 Å². The molecule has 1 aromatic carbocycles. The molecule has 0 saturated carbocycles. The van der Waals surface area contributed by atoms with Crippen molar-refractivity contribution in [3.05, 3.63) is 47.2 Å². The average molecular weight is 520 g/mol. The highest BCUT2D eigenvalue weighted by Gasteiger charge is 2.27. The molecule has 1 fully saturated rings. The molecule has 36 heavy (non-hydrogen) atoms. The van der Waals surface area contributed by atoms with Gasteiger partial charge < -0.3 is 15.5 Å². The maximum Gasteiger partial charge on any atom is 0.289 e. The van der Waals surface area contributed by atoms with Crippen molar-refractivity contribution in [2.45, 2.75) is 70.7 Å². The van der Waals surface area contributed by atoms with Crippen LogP contribution in [0.3, 0.4) is 0 Å². The van der Waals surface area contributed by atoms with Gasteiger partial charge in [-0.1, -0.05) is 20.3 Å². The van der Waals surface area contributed by atoms with Gasteiger partial charge in [0, 0.05) is 24.8 Å². The second-order valence-electron chi connectivity index (χ2n) is 9.85. The van der Waals surface area contributed by atoms with Gasteiger partial charge in [0.05, 0.1) is 17.9 Å². The Morgan fingerprint density at radius 2 is 1.69 bits per heavy atom. The lowest BCUT2D eigenvalue weighted by Gasteiger charge is -2.26. The Bertz CT molecular complexity index is 1180. The van der Waals surface area contributed by atoms with E-state index in [9.17, 15) is 23.4 Å². The van der Waals surface area contributed by atoms with E-state index in [1.807, 2.05) is 27.7 Å². The molecule has 1 aliphatic rings. The third-order valence-corrected chi connectivity index (χ3v) is 7.89. The van der Waals surface area contributed by atoms with Gasteiger partial charge in [0.15, 0.2) is 0 Å². The molecule has 0 radical (unpaired) electrons. The topological polar surface area (TPSA) is 138 Å². The van der Waals surface area contributed by atoms with Gasteiger partial charge >= 0.3 is 0 Å². The largest absolute Gasteiger partial charge is 0.512 e. The second-order valence-corrected chi connectivity index (χ2v) is 11.8. The highest BCUT2D eigenvalue weighted by atomic mass is 32.2. The highest BCUT2D eigenvalue weighted by molar-refractivity contribution is 7.89. The molecule has 3 N–H and O–H groups in total. The number of sulfonamides is 1. The molecular weight excluding hydrogens is 482 g/mol. The molecule has 11 heteroatoms. The normalized spacial score (nSPS) is 15.9. The van der Waals surface area contributed by atoms with Crippen LogP contribution >= 0.6 is 0 Å². The van der Waals surface area contributed by atoms with Crippen LogP contribution in [0.2, 0.25) is 0 Å². The van der Waals surface area contributed by atoms with Crippen LogP contribution in [0.5, 0.6) is 0 Å². The van der Waals surface area contributed by atoms with Crippen LogP contribution in [0.4, 0.5) is 0 Å². The molecule has 198 valence electrons. The minimum absolute atomic E-state index is 0.0209. The first-order chi connectivity index (χ1) is 17.0. The number of benzene rings is 1. The third kappa shape index (κ3) is 6.51. The maximum absolute atomic E-state index is 13.1. The molecule has 1 aromatic heterocycles. The molecule has 0 aliphatic carbocycles. The van der Waals surface area contributed by atoms with E-state index in [4.69, 9.17) is 0 Å². The molecule has 2 heterocycles. The van der Waals surface area contributed by atoms with Gasteiger partial charge in [-0.3, -0.25) is 9.36 Å². The summed E-state index contributed by atoms with van der Waals surface area (Å²) in [6.45, 7) is 8.35. The molecule has 0 spiro atoms. The minimum Gasteiger partial charge on any atom is -0.512 e. The fraction of sp³-hybridized carbons (Fsp3) is 0.560. The van der Waals surface area contributed by atoms with Crippen molar-refractivity contribution in [1.82, 2.24) is 24.4 Å². The number of aliphatic hydroxyl groups excluding tert-OH is 2. The van der Waals surface area contributed by atoms with Gasteiger partial charge in [-0.15, -0.1) is 10.2 Å². The Kier molecular flexibility index (Phi) is 9.26. The van der Waals surface area contributed by atoms with Crippen LogP contribution in [0, 0.1) is 5.92 Å². The molecule has 2 aromatic rings. The Morgan fingerprint density at radius 1 is 1.06 bits per heavy atom. The monoisotopic (exact) mass is 519 g/mol. The van der Waals surface area contributed by atoms with E-state index in [0.29, 0.717) is 36.6 Å². The predicted octanol–water partition coefficient (Wildman–Crippen LogP) is 2.97. The number of carbonyl (C=O) groups is 1. The number of piperidine rings is 1. The number of nitrogens with zero attached hydrogens (tertiary/aromatic N) is 4. The number of rotatable bonds is 10. The number of nitrogens with one attached hydrogen (secondary N) is 1. The van der Waals surface area contributed by atoms with E-state index in [2.05, 4.69) is 15.5 Å². The number of hydrogen-bond acceptors (Lipinski definition) is 7. The van der Waals surface area contributed by atoms with Crippen molar-refractivity contribution in [3.8, 4) is 5.69 Å². The van der Waals surface area contributed by atoms with Crippen LogP contribution < -0.4 is 5.32 Å². The van der Waals surface area contributed by atoms with Crippen molar-refractivity contribution in [2.24, 2.45) is 5.92 Å². The van der Waals surface area contributed by atoms with E-state index in [1.165, 1.54) is 21.0 Å². The van der Waals surface area contributed by atoms with Crippen molar-refractivity contribution in [2.75, 3.05) is 19.7 Å². The van der Waals surface area contributed by atoms with Gasteiger partial charge in [0.2, 0.25) is 15.8 Å². The first kappa shape index (κ1) is 27.8. The fourth-order valence-electron chi connectivity index (χ4n) is 4.24. The summed E-state index contributed by atoms with van der Waals surface area (Å²) in [4.78, 5) is 13.0. The second kappa shape index (κ2) is 12.0. The van der Waals surface area contributed by atoms with Crippen LogP contribution in [0.1, 0.15) is 69.8 Å². The van der Waals surface area contributed by atoms with E-state index in [0.717, 1.165) is 19.3 Å². The van der Waals surface area contributed by atoms with Crippen molar-refractivity contribution in [3.63, 3.8) is 0 Å². The maximum atomic E-state index is 13.1. The SMILES string of the molecule is CC(C)C/C(CO)=C(/O)Cc1nnc(C(=O)NC(C)C)n1-c1ccc(S(=O)(=O)N2CCCCC2)cc1. The molecule has 0 unspecified atom stereocenters. The lowest BCUT2D eigenvalue weighted by molar-refractivity contribution is 0.0930. The van der Waals surface area contributed by atoms with Crippen LogP contribution in [0.25, 0.3) is 5.69 Å². The summed E-state index contributed by atoms with van der Waals surface area (Å²) in [5.41, 5.74) is 0.986. The summed E-state index contributed by atoms with van der Waals surface area (Å²) in [6.07, 6.45) is 3.19. The summed E-state index contributed by atoms with van der Waals surface area (Å²) in [5, 5.41) is 31.5. The summed E-state index contributed by atoms with van der Waals surface area (Å²) in [6, 6.07) is 6.11. The number of aliphatic hydroxyl groups is 2. The smallest absolute Gasteiger partial charge is 0.289 e. The fourth-order valence-corrected chi connectivity index (χ4v) is 5.76. The van der Waals surface area contributed by atoms with Gasteiger partial charge in [0.25, 0.3) is 5.91 Å². The van der Waals surface area contributed by atoms with Gasteiger partial charge in [-0.05, 0) is 68.9 Å². The highest BCUT2D eigenvalue weighted by Crippen LogP contribution is 2.24. The van der Waals surface area contributed by atoms with Gasteiger partial charge in [-0.2, -0.15) is 4.31 Å². The Labute approximate surface area is 213 Å². The number of aromatic nitrogens is 3. The summed E-state index contributed by atoms with van der Waals surface area (Å²) in [7, 11) is -3.61. The quantitative estimate of drug-likeness (QED) is 0.410. The van der Waals surface area contributed by atoms with Crippen LogP contribution in [0.15, 0.2) is 40.5 Å². The third-order valence-electron chi connectivity index (χ3n) is 5.98. The first-order valence-corrected chi connectivity index (χ1v) is 13.8. The molecule has 0 bridgehead atoms. The molecule has 1 saturated heterocycles. The standard InChI is InChI=1S/C25H37N5O5S/c1-17(2)14-19(16-31)22(32)15-23-27-28-24(25(33)26-18(3)4)30(23)20-8-10-21(11-9-20)36(34,35)29-12-6-5-7-13-29/h8-11,17-18,31-32H,5-7,12-16H2,1-4H3,(H,26,33)/b22-19-. The number of hydrogen-bond donors (Lipinski definition) is 3. The van der Waals surface area contributed by atoms with E-state index in [-0.39, 0.29) is 41.5 Å². The lowest BCUT2D eigenvalue weighted by Crippen LogP contribution is -2.35. The molecule has 1 amide bonds.